The fourth-order valence-electron chi connectivity index (χ4n) is 2.52. The molecule has 0 saturated carbocycles. The van der Waals surface area contributed by atoms with Crippen molar-refractivity contribution in [2.45, 2.75) is 45.0 Å². The molecule has 2 amide bonds. The monoisotopic (exact) mass is 340 g/mol. The zero-order chi connectivity index (χ0) is 16.1. The third kappa shape index (κ3) is 4.04. The van der Waals surface area contributed by atoms with Crippen LogP contribution in [0.25, 0.3) is 0 Å². The van der Waals surface area contributed by atoms with Gasteiger partial charge < -0.3 is 10.2 Å². The summed E-state index contributed by atoms with van der Waals surface area (Å²) in [6.45, 7) is 6.99. The molecule has 0 aliphatic carbocycles. The number of rotatable bonds is 6. The Morgan fingerprint density at radius 2 is 2.23 bits per heavy atom. The largest absolute Gasteiger partial charge is 0.354 e. The van der Waals surface area contributed by atoms with Gasteiger partial charge in [0, 0.05) is 12.3 Å². The molecule has 6 heteroatoms. The number of hydrogen-bond acceptors (Lipinski definition) is 4. The summed E-state index contributed by atoms with van der Waals surface area (Å²) in [5.41, 5.74) is 0. The minimum atomic E-state index is -0.352. The Morgan fingerprint density at radius 3 is 2.82 bits per heavy atom. The highest BCUT2D eigenvalue weighted by Gasteiger charge is 2.41. The van der Waals surface area contributed by atoms with Crippen molar-refractivity contribution in [3.8, 4) is 0 Å². The van der Waals surface area contributed by atoms with E-state index in [1.807, 2.05) is 29.3 Å². The average Bonchev–Trinajstić information content (AvgIpc) is 3.12. The number of carbonyl (C=O) groups is 2. The molecule has 0 aromatic carbocycles. The van der Waals surface area contributed by atoms with Crippen LogP contribution < -0.4 is 5.32 Å². The van der Waals surface area contributed by atoms with Gasteiger partial charge in [0.2, 0.25) is 5.91 Å². The first-order chi connectivity index (χ1) is 10.5. The molecule has 1 fully saturated rings. The first-order valence-electron chi connectivity index (χ1n) is 7.80. The van der Waals surface area contributed by atoms with Crippen molar-refractivity contribution in [3.05, 3.63) is 22.4 Å². The van der Waals surface area contributed by atoms with Crippen molar-refractivity contribution >= 4 is 34.9 Å². The first kappa shape index (κ1) is 17.3. The lowest BCUT2D eigenvalue weighted by atomic mass is 10.1. The summed E-state index contributed by atoms with van der Waals surface area (Å²) in [5.74, 6) is 1.14. The normalized spacial score (nSPS) is 21.4. The summed E-state index contributed by atoms with van der Waals surface area (Å²) in [6.07, 6.45) is 1.82. The van der Waals surface area contributed by atoms with Crippen molar-refractivity contribution in [3.63, 3.8) is 0 Å². The lowest BCUT2D eigenvalue weighted by Gasteiger charge is -2.29. The number of hydrogen-bond donors (Lipinski definition) is 1. The Bertz CT molecular complexity index is 502. The molecule has 0 bridgehead atoms. The van der Waals surface area contributed by atoms with Crippen LogP contribution in [0.5, 0.6) is 0 Å². The quantitative estimate of drug-likeness (QED) is 0.865. The Morgan fingerprint density at radius 1 is 1.45 bits per heavy atom. The minimum Gasteiger partial charge on any atom is -0.354 e. The summed E-state index contributed by atoms with van der Waals surface area (Å²) in [7, 11) is 0. The summed E-state index contributed by atoms with van der Waals surface area (Å²) >= 11 is 3.16. The maximum Gasteiger partial charge on any atom is 0.265 e. The second kappa shape index (κ2) is 8.02. The minimum absolute atomic E-state index is 0.0118. The van der Waals surface area contributed by atoms with Gasteiger partial charge in [0.1, 0.15) is 6.04 Å². The molecule has 22 heavy (non-hydrogen) atoms. The molecule has 0 radical (unpaired) electrons. The topological polar surface area (TPSA) is 49.4 Å². The number of amides is 2. The van der Waals surface area contributed by atoms with Gasteiger partial charge in [-0.15, -0.1) is 23.1 Å². The molecule has 1 aliphatic rings. The van der Waals surface area contributed by atoms with E-state index in [1.165, 1.54) is 11.3 Å². The number of carbonyl (C=O) groups excluding carboxylic acids is 2. The van der Waals surface area contributed by atoms with Crippen molar-refractivity contribution in [2.75, 3.05) is 12.3 Å². The van der Waals surface area contributed by atoms with Crippen molar-refractivity contribution in [2.24, 2.45) is 5.92 Å². The Labute approximate surface area is 140 Å². The number of thiophene rings is 1. The molecule has 2 rings (SSSR count). The summed E-state index contributed by atoms with van der Waals surface area (Å²) in [6, 6.07) is 3.36. The van der Waals surface area contributed by atoms with Crippen LogP contribution in [-0.2, 0) is 4.79 Å². The summed E-state index contributed by atoms with van der Waals surface area (Å²) in [5, 5.41) is 4.93. The van der Waals surface area contributed by atoms with Gasteiger partial charge in [-0.25, -0.2) is 0 Å². The van der Waals surface area contributed by atoms with Crippen LogP contribution in [0, 0.1) is 5.92 Å². The zero-order valence-corrected chi connectivity index (χ0v) is 15.0. The molecule has 1 aliphatic heterocycles. The molecule has 1 N–H and O–H groups in total. The highest BCUT2D eigenvalue weighted by Crippen LogP contribution is 2.35. The van der Waals surface area contributed by atoms with Gasteiger partial charge in [0.25, 0.3) is 5.91 Å². The van der Waals surface area contributed by atoms with E-state index in [0.717, 1.165) is 12.8 Å². The van der Waals surface area contributed by atoms with Crippen LogP contribution in [-0.4, -0.2) is 40.4 Å². The van der Waals surface area contributed by atoms with Crippen molar-refractivity contribution in [1.82, 2.24) is 10.2 Å². The van der Waals surface area contributed by atoms with Gasteiger partial charge in [0.05, 0.1) is 10.3 Å². The van der Waals surface area contributed by atoms with Gasteiger partial charge >= 0.3 is 0 Å². The van der Waals surface area contributed by atoms with E-state index in [1.54, 1.807) is 11.8 Å². The lowest BCUT2D eigenvalue weighted by Crippen LogP contribution is -2.50. The molecule has 4 nitrogen and oxygen atoms in total. The Hall–Kier alpha value is -1.01. The first-order valence-corrected chi connectivity index (χ1v) is 9.72. The standard InChI is InChI=1S/C16H24N2O2S2/c1-4-7-17-15(19)12-10-22-14(9-11(2)3)18(12)16(20)13-6-5-8-21-13/h5-6,8,11-12,14H,4,7,9-10H2,1-3H3,(H,17,19). The third-order valence-corrected chi connectivity index (χ3v) is 5.75. The second-order valence-corrected chi connectivity index (χ2v) is 8.07. The molecule has 1 aromatic heterocycles. The predicted molar refractivity (Wildman–Crippen MR) is 93.3 cm³/mol. The number of nitrogens with one attached hydrogen (secondary N) is 1. The van der Waals surface area contributed by atoms with Crippen LogP contribution in [0.15, 0.2) is 17.5 Å². The Balaban J connectivity index is 2.18. The van der Waals surface area contributed by atoms with Gasteiger partial charge in [0.15, 0.2) is 0 Å². The maximum atomic E-state index is 12.8. The van der Waals surface area contributed by atoms with Crippen LogP contribution in [0.4, 0.5) is 0 Å². The molecule has 122 valence electrons. The molecule has 2 heterocycles. The van der Waals surface area contributed by atoms with Gasteiger partial charge in [-0.05, 0) is 30.2 Å². The van der Waals surface area contributed by atoms with E-state index in [4.69, 9.17) is 0 Å². The number of nitrogens with zero attached hydrogens (tertiary/aromatic N) is 1. The summed E-state index contributed by atoms with van der Waals surface area (Å²) in [4.78, 5) is 27.8. The molecule has 0 spiro atoms. The highest BCUT2D eigenvalue weighted by atomic mass is 32.2. The zero-order valence-electron chi connectivity index (χ0n) is 13.4. The molecule has 2 unspecified atom stereocenters. The van der Waals surface area contributed by atoms with E-state index >= 15 is 0 Å². The maximum absolute atomic E-state index is 12.8. The smallest absolute Gasteiger partial charge is 0.265 e. The predicted octanol–water partition coefficient (Wildman–Crippen LogP) is 3.20. The van der Waals surface area contributed by atoms with E-state index in [-0.39, 0.29) is 23.2 Å². The molecular formula is C16H24N2O2S2. The van der Waals surface area contributed by atoms with Crippen LogP contribution in [0.1, 0.15) is 43.3 Å². The van der Waals surface area contributed by atoms with E-state index in [2.05, 4.69) is 19.2 Å². The van der Waals surface area contributed by atoms with Crippen LogP contribution in [0.3, 0.4) is 0 Å². The van der Waals surface area contributed by atoms with E-state index < -0.39 is 0 Å². The van der Waals surface area contributed by atoms with Crippen LogP contribution in [0.2, 0.25) is 0 Å². The fourth-order valence-corrected chi connectivity index (χ4v) is 4.82. The third-order valence-electron chi connectivity index (χ3n) is 3.58. The van der Waals surface area contributed by atoms with Crippen LogP contribution >= 0.6 is 23.1 Å². The molecular weight excluding hydrogens is 316 g/mol. The van der Waals surface area contributed by atoms with Gasteiger partial charge in [-0.2, -0.15) is 0 Å². The Kier molecular flexibility index (Phi) is 6.32. The van der Waals surface area contributed by atoms with E-state index in [0.29, 0.717) is 23.1 Å². The molecule has 1 saturated heterocycles. The van der Waals surface area contributed by atoms with Gasteiger partial charge in [-0.3, -0.25) is 9.59 Å². The van der Waals surface area contributed by atoms with Gasteiger partial charge in [-0.1, -0.05) is 26.8 Å². The number of thioether (sulfide) groups is 1. The lowest BCUT2D eigenvalue weighted by molar-refractivity contribution is -0.124. The van der Waals surface area contributed by atoms with Crippen molar-refractivity contribution in [1.29, 1.82) is 0 Å². The van der Waals surface area contributed by atoms with E-state index in [9.17, 15) is 9.59 Å². The second-order valence-electron chi connectivity index (χ2n) is 5.91. The fraction of sp³-hybridized carbons (Fsp3) is 0.625. The SMILES string of the molecule is CCCNC(=O)C1CSC(CC(C)C)N1C(=O)c1cccs1. The molecule has 1 aromatic rings. The average molecular weight is 341 g/mol. The molecule has 2 atom stereocenters. The van der Waals surface area contributed by atoms with Crippen molar-refractivity contribution < 1.29 is 9.59 Å². The summed E-state index contributed by atoms with van der Waals surface area (Å²) < 4.78 is 0. The highest BCUT2D eigenvalue weighted by molar-refractivity contribution is 8.00.